The van der Waals surface area contributed by atoms with Gasteiger partial charge >= 0.3 is 0 Å². The molecule has 2 N–H and O–H groups in total. The predicted molar refractivity (Wildman–Crippen MR) is 92.1 cm³/mol. The molecule has 0 saturated carbocycles. The van der Waals surface area contributed by atoms with Gasteiger partial charge in [-0.3, -0.25) is 4.90 Å². The maximum atomic E-state index is 9.60. The summed E-state index contributed by atoms with van der Waals surface area (Å²) in [6.07, 6.45) is 0. The smallest absolute Gasteiger partial charge is 0.0602 e. The fraction of sp³-hybridized carbons (Fsp3) is 0.400. The van der Waals surface area contributed by atoms with Gasteiger partial charge in [0.1, 0.15) is 0 Å². The number of rotatable bonds is 6. The van der Waals surface area contributed by atoms with Crippen molar-refractivity contribution in [2.24, 2.45) is 11.3 Å². The molecule has 23 heavy (non-hydrogen) atoms. The molecule has 122 valence electrons. The highest BCUT2D eigenvalue weighted by molar-refractivity contribution is 5.32. The van der Waals surface area contributed by atoms with Crippen LogP contribution in [0.25, 0.3) is 0 Å². The zero-order valence-electron chi connectivity index (χ0n) is 13.6. The Morgan fingerprint density at radius 2 is 1.35 bits per heavy atom. The molecule has 3 rings (SSSR count). The first-order valence-electron chi connectivity index (χ1n) is 8.23. The topological polar surface area (TPSA) is 43.7 Å². The van der Waals surface area contributed by atoms with Gasteiger partial charge in [-0.15, -0.1) is 0 Å². The summed E-state index contributed by atoms with van der Waals surface area (Å²) >= 11 is 0. The zero-order chi connectivity index (χ0) is 16.3. The molecule has 1 aliphatic heterocycles. The summed E-state index contributed by atoms with van der Waals surface area (Å²) in [6, 6.07) is 21.3. The Labute approximate surface area is 138 Å². The van der Waals surface area contributed by atoms with E-state index in [0.717, 1.165) is 13.1 Å². The Kier molecular flexibility index (Phi) is 4.81. The monoisotopic (exact) mass is 311 g/mol. The number of hydrogen-bond acceptors (Lipinski definition) is 3. The first-order chi connectivity index (χ1) is 11.2. The van der Waals surface area contributed by atoms with Crippen LogP contribution in [0.5, 0.6) is 0 Å². The SMILES string of the molecule is CC(CO)(CO)C1CN(C(c2ccccc2)c2ccccc2)C1. The lowest BCUT2D eigenvalue weighted by Gasteiger charge is -2.51. The lowest BCUT2D eigenvalue weighted by molar-refractivity contribution is -0.0656. The highest BCUT2D eigenvalue weighted by Gasteiger charge is 2.43. The van der Waals surface area contributed by atoms with Crippen molar-refractivity contribution in [3.63, 3.8) is 0 Å². The van der Waals surface area contributed by atoms with E-state index in [4.69, 9.17) is 0 Å². The van der Waals surface area contributed by atoms with Crippen LogP contribution in [0.15, 0.2) is 60.7 Å². The van der Waals surface area contributed by atoms with Crippen LogP contribution in [-0.4, -0.2) is 41.4 Å². The van der Waals surface area contributed by atoms with Crippen LogP contribution in [0.4, 0.5) is 0 Å². The molecular weight excluding hydrogens is 286 g/mol. The van der Waals surface area contributed by atoms with Crippen molar-refractivity contribution < 1.29 is 10.2 Å². The van der Waals surface area contributed by atoms with Crippen molar-refractivity contribution in [3.05, 3.63) is 71.8 Å². The van der Waals surface area contributed by atoms with Crippen molar-refractivity contribution in [3.8, 4) is 0 Å². The summed E-state index contributed by atoms with van der Waals surface area (Å²) in [4.78, 5) is 2.43. The summed E-state index contributed by atoms with van der Waals surface area (Å²) in [6.45, 7) is 3.82. The van der Waals surface area contributed by atoms with Crippen molar-refractivity contribution in [2.45, 2.75) is 13.0 Å². The minimum Gasteiger partial charge on any atom is -0.396 e. The average molecular weight is 311 g/mol. The molecule has 0 unspecified atom stereocenters. The van der Waals surface area contributed by atoms with Crippen molar-refractivity contribution >= 4 is 0 Å². The second kappa shape index (κ2) is 6.83. The molecule has 0 spiro atoms. The summed E-state index contributed by atoms with van der Waals surface area (Å²) in [5, 5.41) is 19.2. The van der Waals surface area contributed by atoms with Gasteiger partial charge < -0.3 is 10.2 Å². The fourth-order valence-corrected chi connectivity index (χ4v) is 3.36. The molecule has 0 aromatic heterocycles. The van der Waals surface area contributed by atoms with Crippen molar-refractivity contribution in [2.75, 3.05) is 26.3 Å². The van der Waals surface area contributed by atoms with Crippen molar-refractivity contribution in [1.82, 2.24) is 4.90 Å². The van der Waals surface area contributed by atoms with Crippen molar-refractivity contribution in [1.29, 1.82) is 0 Å². The minimum absolute atomic E-state index is 0.0311. The predicted octanol–water partition coefficient (Wildman–Crippen LogP) is 2.70. The van der Waals surface area contributed by atoms with E-state index in [1.165, 1.54) is 11.1 Å². The van der Waals surface area contributed by atoms with Gasteiger partial charge in [0.2, 0.25) is 0 Å². The molecule has 1 aliphatic rings. The van der Waals surface area contributed by atoms with Crippen LogP contribution < -0.4 is 0 Å². The molecule has 1 saturated heterocycles. The number of hydrogen-bond donors (Lipinski definition) is 2. The molecule has 1 heterocycles. The van der Waals surface area contributed by atoms with E-state index >= 15 is 0 Å². The van der Waals surface area contributed by atoms with Crippen LogP contribution in [0.1, 0.15) is 24.1 Å². The van der Waals surface area contributed by atoms with Gasteiger partial charge in [0.05, 0.1) is 19.3 Å². The van der Waals surface area contributed by atoms with Crippen LogP contribution in [0.2, 0.25) is 0 Å². The van der Waals surface area contributed by atoms with Gasteiger partial charge in [0.15, 0.2) is 0 Å². The number of aliphatic hydroxyl groups excluding tert-OH is 2. The summed E-state index contributed by atoms with van der Waals surface area (Å²) in [5.41, 5.74) is 2.17. The summed E-state index contributed by atoms with van der Waals surface area (Å²) < 4.78 is 0. The molecular formula is C20H25NO2. The fourth-order valence-electron chi connectivity index (χ4n) is 3.36. The van der Waals surface area contributed by atoms with Gasteiger partial charge in [0, 0.05) is 18.5 Å². The third-order valence-electron chi connectivity index (χ3n) is 5.21. The van der Waals surface area contributed by atoms with Gasteiger partial charge in [-0.05, 0) is 17.0 Å². The zero-order valence-corrected chi connectivity index (χ0v) is 13.6. The summed E-state index contributed by atoms with van der Waals surface area (Å²) in [7, 11) is 0. The third kappa shape index (κ3) is 3.18. The highest BCUT2D eigenvalue weighted by atomic mass is 16.3. The second-order valence-electron chi connectivity index (χ2n) is 6.84. The van der Waals surface area contributed by atoms with Crippen LogP contribution in [0.3, 0.4) is 0 Å². The molecule has 0 amide bonds. The van der Waals surface area contributed by atoms with Crippen LogP contribution >= 0.6 is 0 Å². The Bertz CT molecular complexity index is 565. The van der Waals surface area contributed by atoms with E-state index in [1.807, 2.05) is 19.1 Å². The largest absolute Gasteiger partial charge is 0.396 e. The molecule has 2 aromatic rings. The Morgan fingerprint density at radius 3 is 1.74 bits per heavy atom. The van der Waals surface area contributed by atoms with E-state index in [2.05, 4.69) is 53.4 Å². The quantitative estimate of drug-likeness (QED) is 0.862. The van der Waals surface area contributed by atoms with Crippen LogP contribution in [0, 0.1) is 11.3 Å². The van der Waals surface area contributed by atoms with E-state index in [-0.39, 0.29) is 19.3 Å². The Morgan fingerprint density at radius 1 is 0.913 bits per heavy atom. The van der Waals surface area contributed by atoms with E-state index < -0.39 is 5.41 Å². The lowest BCUT2D eigenvalue weighted by atomic mass is 9.73. The standard InChI is InChI=1S/C20H25NO2/c1-20(14-22,15-23)18-12-21(13-18)19(16-8-4-2-5-9-16)17-10-6-3-7-11-17/h2-11,18-19,22-23H,12-15H2,1H3. The molecule has 2 aromatic carbocycles. The average Bonchev–Trinajstić information content (AvgIpc) is 2.58. The summed E-state index contributed by atoms with van der Waals surface area (Å²) in [5.74, 6) is 0.326. The van der Waals surface area contributed by atoms with Crippen LogP contribution in [-0.2, 0) is 0 Å². The van der Waals surface area contributed by atoms with Gasteiger partial charge in [-0.25, -0.2) is 0 Å². The number of nitrogens with zero attached hydrogens (tertiary/aromatic N) is 1. The van der Waals surface area contributed by atoms with Gasteiger partial charge in [-0.2, -0.15) is 0 Å². The Hall–Kier alpha value is -1.68. The Balaban J connectivity index is 1.82. The maximum absolute atomic E-state index is 9.60. The minimum atomic E-state index is -0.394. The maximum Gasteiger partial charge on any atom is 0.0602 e. The lowest BCUT2D eigenvalue weighted by Crippen LogP contribution is -2.57. The van der Waals surface area contributed by atoms with E-state index in [9.17, 15) is 10.2 Å². The van der Waals surface area contributed by atoms with Gasteiger partial charge in [-0.1, -0.05) is 67.6 Å². The molecule has 3 heteroatoms. The molecule has 0 atom stereocenters. The van der Waals surface area contributed by atoms with E-state index in [0.29, 0.717) is 5.92 Å². The van der Waals surface area contributed by atoms with E-state index in [1.54, 1.807) is 0 Å². The highest BCUT2D eigenvalue weighted by Crippen LogP contribution is 2.40. The molecule has 1 fully saturated rings. The number of likely N-dealkylation sites (tertiary alicyclic amines) is 1. The molecule has 3 nitrogen and oxygen atoms in total. The first kappa shape index (κ1) is 16.2. The molecule has 0 aliphatic carbocycles. The number of aliphatic hydroxyl groups is 2. The van der Waals surface area contributed by atoms with Gasteiger partial charge in [0.25, 0.3) is 0 Å². The normalized spacial score (nSPS) is 16.5. The second-order valence-corrected chi connectivity index (χ2v) is 6.84. The third-order valence-corrected chi connectivity index (χ3v) is 5.21. The molecule has 0 radical (unpaired) electrons. The first-order valence-corrected chi connectivity index (χ1v) is 8.23. The number of benzene rings is 2. The molecule has 0 bridgehead atoms.